The number of aryl methyl sites for hydroxylation is 1. The molecule has 0 unspecified atom stereocenters. The number of rotatable bonds is 5. The Bertz CT molecular complexity index is 837. The lowest BCUT2D eigenvalue weighted by Crippen LogP contribution is -2.42. The van der Waals surface area contributed by atoms with Crippen LogP contribution >= 0.6 is 11.3 Å². The average molecular weight is 336 g/mol. The van der Waals surface area contributed by atoms with Gasteiger partial charge in [0.2, 0.25) is 5.91 Å². The molecule has 2 aromatic rings. The standard InChI is InChI=1S/C13H12N4O3S2/c1-9-8-21-13(15-9)6-12(18)16-17-22(19,20)11-4-2-3-10(5-11)7-14/h2-5,8,17H,6H2,1H3,(H,16,18). The zero-order valence-corrected chi connectivity index (χ0v) is 13.2. The molecule has 1 aromatic carbocycles. The van der Waals surface area contributed by atoms with Crippen LogP contribution in [0.4, 0.5) is 0 Å². The maximum absolute atomic E-state index is 12.0. The van der Waals surface area contributed by atoms with Crippen LogP contribution in [0.1, 0.15) is 16.3 Å². The highest BCUT2D eigenvalue weighted by atomic mass is 32.2. The number of aromatic nitrogens is 1. The number of carbonyl (C=O) groups is 1. The number of nitrogens with one attached hydrogen (secondary N) is 2. The number of nitriles is 1. The van der Waals surface area contributed by atoms with Crippen molar-refractivity contribution in [1.82, 2.24) is 15.2 Å². The topological polar surface area (TPSA) is 112 Å². The molecule has 0 saturated carbocycles. The minimum Gasteiger partial charge on any atom is -0.277 e. The van der Waals surface area contributed by atoms with E-state index in [1.807, 2.05) is 17.8 Å². The molecule has 0 aliphatic rings. The van der Waals surface area contributed by atoms with E-state index < -0.39 is 15.9 Å². The molecule has 0 bridgehead atoms. The molecule has 2 rings (SSSR count). The van der Waals surface area contributed by atoms with E-state index in [4.69, 9.17) is 5.26 Å². The van der Waals surface area contributed by atoms with E-state index in [0.29, 0.717) is 5.01 Å². The Morgan fingerprint density at radius 1 is 1.45 bits per heavy atom. The Hall–Kier alpha value is -2.28. The third-order valence-corrected chi connectivity index (χ3v) is 4.79. The minimum atomic E-state index is -3.93. The molecule has 0 atom stereocenters. The van der Waals surface area contributed by atoms with E-state index in [0.717, 1.165) is 5.69 Å². The SMILES string of the molecule is Cc1csc(CC(=O)NNS(=O)(=O)c2cccc(C#N)c2)n1. The van der Waals surface area contributed by atoms with E-state index in [2.05, 4.69) is 10.4 Å². The van der Waals surface area contributed by atoms with Crippen LogP contribution < -0.4 is 10.3 Å². The van der Waals surface area contributed by atoms with Gasteiger partial charge in [0, 0.05) is 11.1 Å². The molecule has 1 amide bonds. The molecule has 0 radical (unpaired) electrons. The smallest absolute Gasteiger partial charge is 0.257 e. The van der Waals surface area contributed by atoms with Crippen LogP contribution in [-0.2, 0) is 21.2 Å². The van der Waals surface area contributed by atoms with Crippen LogP contribution in [0.2, 0.25) is 0 Å². The van der Waals surface area contributed by atoms with Crippen molar-refractivity contribution in [1.29, 1.82) is 5.26 Å². The van der Waals surface area contributed by atoms with Crippen molar-refractivity contribution < 1.29 is 13.2 Å². The van der Waals surface area contributed by atoms with E-state index >= 15 is 0 Å². The van der Waals surface area contributed by atoms with Gasteiger partial charge in [-0.1, -0.05) is 6.07 Å². The molecule has 2 N–H and O–H groups in total. The van der Waals surface area contributed by atoms with Crippen molar-refractivity contribution >= 4 is 27.3 Å². The molecule has 7 nitrogen and oxygen atoms in total. The number of benzene rings is 1. The number of hydrogen-bond donors (Lipinski definition) is 2. The van der Waals surface area contributed by atoms with Gasteiger partial charge in [0.25, 0.3) is 10.0 Å². The predicted molar refractivity (Wildman–Crippen MR) is 80.2 cm³/mol. The number of hydrogen-bond acceptors (Lipinski definition) is 6. The quantitative estimate of drug-likeness (QED) is 0.787. The van der Waals surface area contributed by atoms with Gasteiger partial charge < -0.3 is 0 Å². The van der Waals surface area contributed by atoms with Crippen LogP contribution in [0.25, 0.3) is 0 Å². The van der Waals surface area contributed by atoms with Crippen molar-refractivity contribution in [2.45, 2.75) is 18.2 Å². The average Bonchev–Trinajstić information content (AvgIpc) is 2.90. The van der Waals surface area contributed by atoms with Crippen molar-refractivity contribution in [3.8, 4) is 6.07 Å². The summed E-state index contributed by atoms with van der Waals surface area (Å²) in [5.74, 6) is -0.519. The van der Waals surface area contributed by atoms with Crippen molar-refractivity contribution in [3.05, 3.63) is 45.9 Å². The Balaban J connectivity index is 2.00. The van der Waals surface area contributed by atoms with Crippen LogP contribution in [-0.4, -0.2) is 19.3 Å². The Kier molecular flexibility index (Phi) is 4.87. The van der Waals surface area contributed by atoms with Crippen LogP contribution in [0.15, 0.2) is 34.5 Å². The molecule has 1 aromatic heterocycles. The molecule has 0 saturated heterocycles. The highest BCUT2D eigenvalue weighted by Crippen LogP contribution is 2.11. The molecular formula is C13H12N4O3S2. The fraction of sp³-hybridized carbons (Fsp3) is 0.154. The second-order valence-electron chi connectivity index (χ2n) is 4.35. The molecular weight excluding hydrogens is 324 g/mol. The van der Waals surface area contributed by atoms with Gasteiger partial charge in [-0.2, -0.15) is 5.26 Å². The second-order valence-corrected chi connectivity index (χ2v) is 6.98. The molecule has 9 heteroatoms. The number of nitrogens with zero attached hydrogens (tertiary/aromatic N) is 2. The lowest BCUT2D eigenvalue weighted by atomic mass is 10.2. The number of sulfonamides is 1. The fourth-order valence-electron chi connectivity index (χ4n) is 1.58. The monoisotopic (exact) mass is 336 g/mol. The van der Waals surface area contributed by atoms with Gasteiger partial charge in [-0.3, -0.25) is 10.2 Å². The molecule has 114 valence electrons. The Morgan fingerprint density at radius 2 is 2.23 bits per heavy atom. The molecule has 0 fully saturated rings. The minimum absolute atomic E-state index is 0.0146. The first-order chi connectivity index (χ1) is 10.4. The third kappa shape index (κ3) is 4.11. The van der Waals surface area contributed by atoms with Crippen LogP contribution in [0.5, 0.6) is 0 Å². The van der Waals surface area contributed by atoms with Crippen molar-refractivity contribution in [3.63, 3.8) is 0 Å². The molecule has 0 spiro atoms. The first-order valence-electron chi connectivity index (χ1n) is 6.12. The summed E-state index contributed by atoms with van der Waals surface area (Å²) in [5, 5.41) is 11.2. The largest absolute Gasteiger partial charge is 0.277 e. The summed E-state index contributed by atoms with van der Waals surface area (Å²) in [5.41, 5.74) is 3.15. The van der Waals surface area contributed by atoms with Gasteiger partial charge in [-0.25, -0.2) is 13.4 Å². The Labute approximate surface area is 131 Å². The summed E-state index contributed by atoms with van der Waals surface area (Å²) in [4.78, 5) is 17.7. The Morgan fingerprint density at radius 3 is 2.86 bits per heavy atom. The van der Waals surface area contributed by atoms with E-state index in [1.165, 1.54) is 35.6 Å². The van der Waals surface area contributed by atoms with Crippen LogP contribution in [0.3, 0.4) is 0 Å². The lowest BCUT2D eigenvalue weighted by molar-refractivity contribution is -0.120. The first-order valence-corrected chi connectivity index (χ1v) is 8.49. The predicted octanol–water partition coefficient (Wildman–Crippen LogP) is 0.875. The number of amides is 1. The highest BCUT2D eigenvalue weighted by molar-refractivity contribution is 7.89. The zero-order chi connectivity index (χ0) is 16.2. The van der Waals surface area contributed by atoms with Gasteiger partial charge in [0.05, 0.1) is 22.9 Å². The van der Waals surface area contributed by atoms with E-state index in [1.54, 1.807) is 5.38 Å². The lowest BCUT2D eigenvalue weighted by Gasteiger charge is -2.08. The van der Waals surface area contributed by atoms with Gasteiger partial charge in [0.1, 0.15) is 5.01 Å². The summed E-state index contributed by atoms with van der Waals surface area (Å²) in [6.07, 6.45) is -0.0146. The summed E-state index contributed by atoms with van der Waals surface area (Å²) in [6, 6.07) is 7.35. The summed E-state index contributed by atoms with van der Waals surface area (Å²) in [7, 11) is -3.93. The van der Waals surface area contributed by atoms with E-state index in [-0.39, 0.29) is 16.9 Å². The number of thiazole rings is 1. The fourth-order valence-corrected chi connectivity index (χ4v) is 3.26. The summed E-state index contributed by atoms with van der Waals surface area (Å²) in [6.45, 7) is 1.81. The summed E-state index contributed by atoms with van der Waals surface area (Å²) >= 11 is 1.33. The number of hydrazine groups is 1. The first kappa shape index (κ1) is 16.1. The van der Waals surface area contributed by atoms with Crippen LogP contribution in [0, 0.1) is 18.3 Å². The third-order valence-electron chi connectivity index (χ3n) is 2.58. The maximum atomic E-state index is 12.0. The second kappa shape index (κ2) is 6.65. The molecule has 1 heterocycles. The summed E-state index contributed by atoms with van der Waals surface area (Å²) < 4.78 is 24.0. The highest BCUT2D eigenvalue weighted by Gasteiger charge is 2.16. The van der Waals surface area contributed by atoms with E-state index in [9.17, 15) is 13.2 Å². The molecule has 22 heavy (non-hydrogen) atoms. The van der Waals surface area contributed by atoms with Gasteiger partial charge in [0.15, 0.2) is 0 Å². The number of carbonyl (C=O) groups excluding carboxylic acids is 1. The van der Waals surface area contributed by atoms with Crippen molar-refractivity contribution in [2.24, 2.45) is 0 Å². The van der Waals surface area contributed by atoms with Gasteiger partial charge in [-0.05, 0) is 25.1 Å². The zero-order valence-electron chi connectivity index (χ0n) is 11.5. The molecule has 0 aliphatic heterocycles. The maximum Gasteiger partial charge on any atom is 0.257 e. The van der Waals surface area contributed by atoms with Gasteiger partial charge in [-0.15, -0.1) is 16.2 Å². The molecule has 0 aliphatic carbocycles. The van der Waals surface area contributed by atoms with Crippen molar-refractivity contribution in [2.75, 3.05) is 0 Å². The van der Waals surface area contributed by atoms with Gasteiger partial charge >= 0.3 is 0 Å². The normalized spacial score (nSPS) is 10.9.